The van der Waals surface area contributed by atoms with E-state index in [9.17, 15) is 0 Å². The van der Waals surface area contributed by atoms with Crippen LogP contribution in [-0.2, 0) is 0 Å². The molecule has 1 rings (SSSR count). The average molecular weight is 220 g/mol. The molecule has 0 heterocycles. The van der Waals surface area contributed by atoms with Gasteiger partial charge in [0.15, 0.2) is 0 Å². The molecule has 88 valence electrons. The molecule has 0 bridgehead atoms. The number of guanidine groups is 1. The highest BCUT2D eigenvalue weighted by molar-refractivity contribution is 5.95. The van der Waals surface area contributed by atoms with Crippen molar-refractivity contribution in [2.24, 2.45) is 16.8 Å². The SMILES string of the molecule is CC(C)CN=C(NN)N(C)c1ccccc1. The maximum absolute atomic E-state index is 5.47. The molecule has 4 nitrogen and oxygen atoms in total. The van der Waals surface area contributed by atoms with Crippen LogP contribution in [0.5, 0.6) is 0 Å². The van der Waals surface area contributed by atoms with E-state index in [0.717, 1.165) is 12.2 Å². The number of nitrogens with one attached hydrogen (secondary N) is 1. The summed E-state index contributed by atoms with van der Waals surface area (Å²) in [5.41, 5.74) is 3.69. The molecule has 0 radical (unpaired) electrons. The highest BCUT2D eigenvalue weighted by Gasteiger charge is 2.06. The van der Waals surface area contributed by atoms with Crippen molar-refractivity contribution in [3.8, 4) is 0 Å². The van der Waals surface area contributed by atoms with Crippen LogP contribution in [0.2, 0.25) is 0 Å². The van der Waals surface area contributed by atoms with Gasteiger partial charge in [0.1, 0.15) is 0 Å². The lowest BCUT2D eigenvalue weighted by molar-refractivity contribution is 0.661. The summed E-state index contributed by atoms with van der Waals surface area (Å²) in [6.07, 6.45) is 0. The van der Waals surface area contributed by atoms with Crippen LogP contribution in [0.3, 0.4) is 0 Å². The van der Waals surface area contributed by atoms with Gasteiger partial charge in [-0.15, -0.1) is 0 Å². The molecule has 0 saturated carbocycles. The van der Waals surface area contributed by atoms with Crippen LogP contribution in [0.4, 0.5) is 5.69 Å². The first-order valence-corrected chi connectivity index (χ1v) is 5.45. The Kier molecular flexibility index (Phi) is 4.79. The number of hydrazine groups is 1. The van der Waals surface area contributed by atoms with Gasteiger partial charge in [-0.25, -0.2) is 5.84 Å². The fourth-order valence-electron chi connectivity index (χ4n) is 1.29. The zero-order chi connectivity index (χ0) is 12.0. The molecule has 0 spiro atoms. The first-order chi connectivity index (χ1) is 7.65. The van der Waals surface area contributed by atoms with Gasteiger partial charge in [0.05, 0.1) is 0 Å². The van der Waals surface area contributed by atoms with E-state index in [2.05, 4.69) is 24.3 Å². The number of anilines is 1. The summed E-state index contributed by atoms with van der Waals surface area (Å²) >= 11 is 0. The summed E-state index contributed by atoms with van der Waals surface area (Å²) in [6, 6.07) is 9.99. The monoisotopic (exact) mass is 220 g/mol. The van der Waals surface area contributed by atoms with Crippen molar-refractivity contribution in [1.29, 1.82) is 0 Å². The standard InChI is InChI=1S/C12H20N4/c1-10(2)9-14-12(15-13)16(3)11-7-5-4-6-8-11/h4-8,10H,9,13H2,1-3H3,(H,14,15). The topological polar surface area (TPSA) is 53.6 Å². The van der Waals surface area contributed by atoms with E-state index in [1.54, 1.807) is 0 Å². The Labute approximate surface area is 97.1 Å². The number of para-hydroxylation sites is 1. The quantitative estimate of drug-likeness (QED) is 0.352. The highest BCUT2D eigenvalue weighted by Crippen LogP contribution is 2.10. The van der Waals surface area contributed by atoms with Gasteiger partial charge in [-0.05, 0) is 18.1 Å². The molecule has 3 N–H and O–H groups in total. The van der Waals surface area contributed by atoms with E-state index in [1.807, 2.05) is 42.3 Å². The van der Waals surface area contributed by atoms with Crippen molar-refractivity contribution >= 4 is 11.6 Å². The van der Waals surface area contributed by atoms with Crippen molar-refractivity contribution < 1.29 is 0 Å². The maximum atomic E-state index is 5.47. The van der Waals surface area contributed by atoms with E-state index >= 15 is 0 Å². The predicted octanol–water partition coefficient (Wildman–Crippen LogP) is 1.60. The first kappa shape index (κ1) is 12.5. The lowest BCUT2D eigenvalue weighted by Gasteiger charge is -2.20. The van der Waals surface area contributed by atoms with E-state index in [0.29, 0.717) is 11.9 Å². The average Bonchev–Trinajstić information content (AvgIpc) is 2.30. The van der Waals surface area contributed by atoms with Crippen LogP contribution in [0, 0.1) is 5.92 Å². The van der Waals surface area contributed by atoms with E-state index in [4.69, 9.17) is 5.84 Å². The second kappa shape index (κ2) is 6.12. The Morgan fingerprint density at radius 3 is 2.50 bits per heavy atom. The lowest BCUT2D eigenvalue weighted by Crippen LogP contribution is -2.43. The highest BCUT2D eigenvalue weighted by atomic mass is 15.4. The predicted molar refractivity (Wildman–Crippen MR) is 69.3 cm³/mol. The van der Waals surface area contributed by atoms with Crippen molar-refractivity contribution in [1.82, 2.24) is 5.43 Å². The van der Waals surface area contributed by atoms with E-state index in [1.165, 1.54) is 0 Å². The Hall–Kier alpha value is -1.55. The second-order valence-corrected chi connectivity index (χ2v) is 4.10. The van der Waals surface area contributed by atoms with Crippen LogP contribution in [0.15, 0.2) is 35.3 Å². The molecule has 0 saturated heterocycles. The third-order valence-corrected chi connectivity index (χ3v) is 2.20. The molecule has 0 aliphatic rings. The van der Waals surface area contributed by atoms with Crippen LogP contribution < -0.4 is 16.2 Å². The number of aliphatic imine (C=N–C) groups is 1. The zero-order valence-electron chi connectivity index (χ0n) is 10.1. The molecule has 0 unspecified atom stereocenters. The van der Waals surface area contributed by atoms with E-state index < -0.39 is 0 Å². The largest absolute Gasteiger partial charge is 0.315 e. The summed E-state index contributed by atoms with van der Waals surface area (Å²) in [5.74, 6) is 6.68. The summed E-state index contributed by atoms with van der Waals surface area (Å²) < 4.78 is 0. The third kappa shape index (κ3) is 3.55. The second-order valence-electron chi connectivity index (χ2n) is 4.10. The minimum atomic E-state index is 0.521. The molecule has 0 fully saturated rings. The van der Waals surface area contributed by atoms with Crippen molar-refractivity contribution in [2.45, 2.75) is 13.8 Å². The number of benzene rings is 1. The van der Waals surface area contributed by atoms with Gasteiger partial charge in [-0.1, -0.05) is 32.0 Å². The van der Waals surface area contributed by atoms with Gasteiger partial charge in [0, 0.05) is 19.3 Å². The van der Waals surface area contributed by atoms with Crippen molar-refractivity contribution in [3.05, 3.63) is 30.3 Å². The minimum absolute atomic E-state index is 0.521. The fraction of sp³-hybridized carbons (Fsp3) is 0.417. The molecule has 1 aromatic rings. The normalized spacial score (nSPS) is 11.7. The minimum Gasteiger partial charge on any atom is -0.315 e. The Morgan fingerprint density at radius 2 is 2.00 bits per heavy atom. The van der Waals surface area contributed by atoms with Gasteiger partial charge in [0.25, 0.3) is 0 Å². The summed E-state index contributed by atoms with van der Waals surface area (Å²) in [7, 11) is 1.94. The van der Waals surface area contributed by atoms with Gasteiger partial charge < -0.3 is 4.90 Å². The Morgan fingerprint density at radius 1 is 1.38 bits per heavy atom. The number of hydrogen-bond donors (Lipinski definition) is 2. The van der Waals surface area contributed by atoms with Gasteiger partial charge in [-0.3, -0.25) is 10.4 Å². The Balaban J connectivity index is 2.77. The Bertz CT molecular complexity index is 332. The summed E-state index contributed by atoms with van der Waals surface area (Å²) in [6.45, 7) is 5.01. The number of hydrogen-bond acceptors (Lipinski definition) is 2. The molecular weight excluding hydrogens is 200 g/mol. The number of nitrogens with two attached hydrogens (primary N) is 1. The van der Waals surface area contributed by atoms with E-state index in [-0.39, 0.29) is 0 Å². The molecule has 0 amide bonds. The van der Waals surface area contributed by atoms with Crippen LogP contribution in [-0.4, -0.2) is 19.6 Å². The van der Waals surface area contributed by atoms with Crippen molar-refractivity contribution in [2.75, 3.05) is 18.5 Å². The first-order valence-electron chi connectivity index (χ1n) is 5.45. The molecule has 1 aromatic carbocycles. The van der Waals surface area contributed by atoms with Crippen LogP contribution in [0.25, 0.3) is 0 Å². The molecular formula is C12H20N4. The van der Waals surface area contributed by atoms with Gasteiger partial charge in [-0.2, -0.15) is 0 Å². The smallest absolute Gasteiger partial charge is 0.212 e. The third-order valence-electron chi connectivity index (χ3n) is 2.20. The summed E-state index contributed by atoms with van der Waals surface area (Å²) in [5, 5.41) is 0. The molecule has 0 aliphatic heterocycles. The lowest BCUT2D eigenvalue weighted by atomic mass is 10.2. The fourth-order valence-corrected chi connectivity index (χ4v) is 1.29. The molecule has 0 aromatic heterocycles. The molecule has 0 aliphatic carbocycles. The van der Waals surface area contributed by atoms with Gasteiger partial charge >= 0.3 is 0 Å². The van der Waals surface area contributed by atoms with Gasteiger partial charge in [0.2, 0.25) is 5.96 Å². The van der Waals surface area contributed by atoms with Crippen LogP contribution in [0.1, 0.15) is 13.8 Å². The zero-order valence-corrected chi connectivity index (χ0v) is 10.1. The van der Waals surface area contributed by atoms with Crippen molar-refractivity contribution in [3.63, 3.8) is 0 Å². The summed E-state index contributed by atoms with van der Waals surface area (Å²) in [4.78, 5) is 6.36. The molecule has 4 heteroatoms. The molecule has 0 atom stereocenters. The maximum Gasteiger partial charge on any atom is 0.212 e. The number of nitrogens with zero attached hydrogens (tertiary/aromatic N) is 2. The number of rotatable bonds is 3. The molecule has 16 heavy (non-hydrogen) atoms. The van der Waals surface area contributed by atoms with Crippen LogP contribution >= 0.6 is 0 Å².